The third kappa shape index (κ3) is 6.18. The van der Waals surface area contributed by atoms with Crippen LogP contribution < -0.4 is 0 Å². The molecule has 0 fully saturated rings. The third-order valence-corrected chi connectivity index (χ3v) is 12.7. The van der Waals surface area contributed by atoms with E-state index in [9.17, 15) is 0 Å². The number of para-hydroxylation sites is 2. The molecule has 12 rings (SSSR count). The van der Waals surface area contributed by atoms with E-state index in [1.807, 2.05) is 97.1 Å². The Hall–Kier alpha value is -7.99. The monoisotopic (exact) mass is 813 g/mol. The van der Waals surface area contributed by atoms with Crippen LogP contribution in [-0.2, 0) is 0 Å². The highest BCUT2D eigenvalue weighted by Gasteiger charge is 2.22. The van der Waals surface area contributed by atoms with E-state index in [1.54, 1.807) is 11.3 Å². The first kappa shape index (κ1) is 31.0. The Morgan fingerprint density at radius 3 is 1.55 bits per heavy atom. The Balaban J connectivity index is 1.19. The largest absolute Gasteiger partial charge is 0.309 e. The molecule has 0 amide bonds. The van der Waals surface area contributed by atoms with Crippen molar-refractivity contribution in [1.82, 2.24) is 19.5 Å². The average molecular weight is 814 g/mol. The first-order valence-electron chi connectivity index (χ1n) is 22.9. The minimum absolute atomic E-state index is 0.154. The molecule has 0 aliphatic heterocycles. The van der Waals surface area contributed by atoms with Crippen LogP contribution in [-0.4, -0.2) is 19.5 Å². The lowest BCUT2D eigenvalue weighted by atomic mass is 9.95. The quantitative estimate of drug-likeness (QED) is 0.161. The fourth-order valence-electron chi connectivity index (χ4n) is 8.70. The van der Waals surface area contributed by atoms with Crippen molar-refractivity contribution in [3.63, 3.8) is 0 Å². The standard InChI is InChI=1S/C57H36N4S/c1-5-18-37(19-6-1)41-32-42(38-20-7-2-8-21-38)34-43(33-41)56-58-55(40-24-11-4-12-25-40)59-57(60-56)49-36-44(61-50-29-15-13-26-46(50)47-27-14-16-30-51(47)61)35-48-53-45(39-22-9-3-10-23-39)28-17-31-52(53)62-54(48)49/h1-36H/i3D,9D,10D,22D,23D. The Morgan fingerprint density at radius 1 is 0.387 bits per heavy atom. The molecule has 3 heterocycles. The molecule has 0 saturated carbocycles. The normalized spacial score (nSPS) is 12.7. The van der Waals surface area contributed by atoms with Crippen LogP contribution in [0.25, 0.3) is 115 Å². The van der Waals surface area contributed by atoms with Crippen LogP contribution in [0.3, 0.4) is 0 Å². The maximum Gasteiger partial charge on any atom is 0.165 e. The third-order valence-electron chi connectivity index (χ3n) is 11.5. The van der Waals surface area contributed by atoms with Gasteiger partial charge in [0.15, 0.2) is 17.5 Å². The maximum atomic E-state index is 9.07. The summed E-state index contributed by atoms with van der Waals surface area (Å²) in [6.45, 7) is 0. The summed E-state index contributed by atoms with van der Waals surface area (Å²) in [5, 5.41) is 3.84. The SMILES string of the molecule is [2H]c1c([2H])c([2H])c(-c2cccc3sc4c(-c5nc(-c6ccccc6)nc(-c6cc(-c7ccccc7)cc(-c7ccccc7)c6)n5)cc(-n5c6ccccc6c6ccccc65)cc4c23)c([2H])c1[2H]. The van der Waals surface area contributed by atoms with Crippen LogP contribution in [0.1, 0.15) is 6.85 Å². The number of nitrogens with zero attached hydrogens (tertiary/aromatic N) is 4. The van der Waals surface area contributed by atoms with E-state index in [1.165, 1.54) is 0 Å². The molecule has 0 unspecified atom stereocenters. The van der Waals surface area contributed by atoms with Crippen LogP contribution in [0, 0.1) is 0 Å². The Kier molecular flexibility index (Phi) is 7.46. The van der Waals surface area contributed by atoms with Gasteiger partial charge < -0.3 is 4.57 Å². The molecule has 4 nitrogen and oxygen atoms in total. The number of benzene rings is 9. The first-order chi connectivity index (χ1) is 32.8. The highest BCUT2D eigenvalue weighted by atomic mass is 32.1. The van der Waals surface area contributed by atoms with Crippen molar-refractivity contribution in [3.05, 3.63) is 218 Å². The van der Waals surface area contributed by atoms with Crippen molar-refractivity contribution in [1.29, 1.82) is 0 Å². The summed E-state index contributed by atoms with van der Waals surface area (Å²) in [5.74, 6) is 1.50. The fraction of sp³-hybridized carbons (Fsp3) is 0. The van der Waals surface area contributed by atoms with Gasteiger partial charge in [-0.25, -0.2) is 15.0 Å². The van der Waals surface area contributed by atoms with Crippen molar-refractivity contribution >= 4 is 53.3 Å². The van der Waals surface area contributed by atoms with Gasteiger partial charge in [0.1, 0.15) is 0 Å². The average Bonchev–Trinajstić information content (AvgIpc) is 3.94. The summed E-state index contributed by atoms with van der Waals surface area (Å²) in [7, 11) is 0. The zero-order valence-electron chi connectivity index (χ0n) is 38.1. The van der Waals surface area contributed by atoms with Gasteiger partial charge in [0.2, 0.25) is 0 Å². The zero-order valence-corrected chi connectivity index (χ0v) is 33.9. The minimum atomic E-state index is -0.429. The highest BCUT2D eigenvalue weighted by Crippen LogP contribution is 2.46. The van der Waals surface area contributed by atoms with E-state index in [-0.39, 0.29) is 29.7 Å². The lowest BCUT2D eigenvalue weighted by Gasteiger charge is -2.14. The van der Waals surface area contributed by atoms with Crippen LogP contribution in [0.5, 0.6) is 0 Å². The lowest BCUT2D eigenvalue weighted by molar-refractivity contribution is 1.07. The molecule has 0 atom stereocenters. The molecule has 0 aliphatic rings. The predicted molar refractivity (Wildman–Crippen MR) is 260 cm³/mol. The molecule has 0 spiro atoms. The molecule has 0 N–H and O–H groups in total. The Bertz CT molecular complexity index is 3790. The summed E-state index contributed by atoms with van der Waals surface area (Å²) >= 11 is 1.57. The van der Waals surface area contributed by atoms with Crippen molar-refractivity contribution in [2.75, 3.05) is 0 Å². The Morgan fingerprint density at radius 2 is 0.919 bits per heavy atom. The molecule has 0 saturated heterocycles. The molecule has 5 heteroatoms. The smallest absolute Gasteiger partial charge is 0.165 e. The second-order valence-corrected chi connectivity index (χ2v) is 16.3. The van der Waals surface area contributed by atoms with Crippen LogP contribution in [0.2, 0.25) is 0 Å². The summed E-state index contributed by atoms with van der Waals surface area (Å²) in [6, 6.07) is 62.2. The molecule has 3 aromatic heterocycles. The van der Waals surface area contributed by atoms with E-state index < -0.39 is 6.04 Å². The van der Waals surface area contributed by atoms with E-state index in [0.717, 1.165) is 86.6 Å². The summed E-state index contributed by atoms with van der Waals surface area (Å²) in [6.07, 6.45) is 0. The highest BCUT2D eigenvalue weighted by molar-refractivity contribution is 7.26. The topological polar surface area (TPSA) is 43.6 Å². The van der Waals surface area contributed by atoms with Crippen molar-refractivity contribution in [2.24, 2.45) is 0 Å². The van der Waals surface area contributed by atoms with Crippen LogP contribution in [0.4, 0.5) is 0 Å². The van der Waals surface area contributed by atoms with E-state index >= 15 is 0 Å². The minimum Gasteiger partial charge on any atom is -0.309 e. The zero-order chi connectivity index (χ0) is 45.3. The number of aromatic nitrogens is 4. The second kappa shape index (κ2) is 14.9. The predicted octanol–water partition coefficient (Wildman–Crippen LogP) is 15.3. The molecule has 62 heavy (non-hydrogen) atoms. The van der Waals surface area contributed by atoms with E-state index in [2.05, 4.69) is 95.6 Å². The first-order valence-corrected chi connectivity index (χ1v) is 21.3. The molecule has 0 aliphatic carbocycles. The van der Waals surface area contributed by atoms with Gasteiger partial charge in [-0.2, -0.15) is 0 Å². The van der Waals surface area contributed by atoms with Gasteiger partial charge in [0.25, 0.3) is 0 Å². The van der Waals surface area contributed by atoms with Gasteiger partial charge in [0, 0.05) is 53.3 Å². The molecule has 12 aromatic rings. The van der Waals surface area contributed by atoms with Gasteiger partial charge in [-0.3, -0.25) is 0 Å². The Labute approximate surface area is 369 Å². The number of hydrogen-bond donors (Lipinski definition) is 0. The molecular weight excluding hydrogens is 773 g/mol. The lowest BCUT2D eigenvalue weighted by Crippen LogP contribution is -2.02. The van der Waals surface area contributed by atoms with Gasteiger partial charge >= 0.3 is 0 Å². The summed E-state index contributed by atoms with van der Waals surface area (Å²) < 4.78 is 47.8. The maximum absolute atomic E-state index is 9.07. The molecule has 290 valence electrons. The fourth-order valence-corrected chi connectivity index (χ4v) is 9.91. The van der Waals surface area contributed by atoms with Gasteiger partial charge in [0.05, 0.1) is 17.9 Å². The van der Waals surface area contributed by atoms with Crippen molar-refractivity contribution in [2.45, 2.75) is 0 Å². The molecule has 0 radical (unpaired) electrons. The number of thiophene rings is 1. The number of fused-ring (bicyclic) bond motifs is 6. The summed E-state index contributed by atoms with van der Waals surface area (Å²) in [4.78, 5) is 16.0. The second-order valence-electron chi connectivity index (χ2n) is 15.2. The van der Waals surface area contributed by atoms with Crippen LogP contribution >= 0.6 is 11.3 Å². The molecule has 9 aromatic carbocycles. The van der Waals surface area contributed by atoms with Gasteiger partial charge in [-0.15, -0.1) is 11.3 Å². The van der Waals surface area contributed by atoms with E-state index in [0.29, 0.717) is 23.0 Å². The van der Waals surface area contributed by atoms with Crippen molar-refractivity contribution < 1.29 is 6.85 Å². The number of rotatable bonds is 7. The van der Waals surface area contributed by atoms with Crippen molar-refractivity contribution in [3.8, 4) is 73.2 Å². The van der Waals surface area contributed by atoms with Crippen LogP contribution in [0.15, 0.2) is 218 Å². The van der Waals surface area contributed by atoms with Gasteiger partial charge in [-0.05, 0) is 81.9 Å². The molecular formula is C57H36N4S. The number of hydrogen-bond acceptors (Lipinski definition) is 4. The summed E-state index contributed by atoms with van der Waals surface area (Å²) in [5.41, 5.74) is 10.2. The molecule has 0 bridgehead atoms. The van der Waals surface area contributed by atoms with Gasteiger partial charge in [-0.1, -0.05) is 170 Å². The van der Waals surface area contributed by atoms with E-state index in [4.69, 9.17) is 21.8 Å².